The van der Waals surface area contributed by atoms with Gasteiger partial charge in [0.25, 0.3) is 5.91 Å². The maximum Gasteiger partial charge on any atom is 0.254 e. The van der Waals surface area contributed by atoms with Gasteiger partial charge in [-0.25, -0.2) is 8.78 Å². The third-order valence-corrected chi connectivity index (χ3v) is 2.50. The van der Waals surface area contributed by atoms with Crippen LogP contribution in [-0.4, -0.2) is 30.2 Å². The second kappa shape index (κ2) is 5.52. The minimum absolute atomic E-state index is 0.109. The van der Waals surface area contributed by atoms with Crippen molar-refractivity contribution < 1.29 is 18.4 Å². The van der Waals surface area contributed by atoms with E-state index in [-0.39, 0.29) is 11.1 Å². The molecule has 0 spiro atoms. The van der Waals surface area contributed by atoms with Gasteiger partial charge in [-0.15, -0.1) is 0 Å². The highest BCUT2D eigenvalue weighted by atomic mass is 19.2. The van der Waals surface area contributed by atoms with E-state index < -0.39 is 17.5 Å². The van der Waals surface area contributed by atoms with E-state index in [0.29, 0.717) is 19.4 Å². The van der Waals surface area contributed by atoms with Gasteiger partial charge < -0.3 is 4.90 Å². The molecule has 0 aliphatic rings. The number of hydrogen-bond donors (Lipinski definition) is 0. The zero-order valence-corrected chi connectivity index (χ0v) is 9.67. The van der Waals surface area contributed by atoms with Crippen molar-refractivity contribution in [3.63, 3.8) is 0 Å². The molecule has 0 fully saturated rings. The molecule has 17 heavy (non-hydrogen) atoms. The number of rotatable bonds is 4. The fraction of sp³-hybridized carbons (Fsp3) is 0.333. The van der Waals surface area contributed by atoms with Crippen LogP contribution >= 0.6 is 0 Å². The minimum atomic E-state index is -1.14. The van der Waals surface area contributed by atoms with E-state index in [2.05, 4.69) is 0 Å². The Morgan fingerprint density at radius 3 is 2.24 bits per heavy atom. The topological polar surface area (TPSA) is 37.4 Å². The van der Waals surface area contributed by atoms with Crippen LogP contribution in [0.4, 0.5) is 8.78 Å². The molecule has 0 aliphatic carbocycles. The van der Waals surface area contributed by atoms with Gasteiger partial charge in [-0.05, 0) is 26.0 Å². The molecule has 0 N–H and O–H groups in total. The Hall–Kier alpha value is -1.78. The Labute approximate surface area is 98.0 Å². The van der Waals surface area contributed by atoms with E-state index >= 15 is 0 Å². The zero-order chi connectivity index (χ0) is 13.0. The molecule has 0 bridgehead atoms. The molecule has 1 amide bonds. The van der Waals surface area contributed by atoms with Gasteiger partial charge in [-0.3, -0.25) is 9.59 Å². The number of nitrogens with zero attached hydrogens (tertiary/aromatic N) is 1. The summed E-state index contributed by atoms with van der Waals surface area (Å²) in [6.07, 6.45) is 0.346. The Kier molecular flexibility index (Phi) is 4.31. The first kappa shape index (κ1) is 13.3. The lowest BCUT2D eigenvalue weighted by Gasteiger charge is -2.19. The molecule has 0 atom stereocenters. The predicted molar refractivity (Wildman–Crippen MR) is 59.0 cm³/mol. The van der Waals surface area contributed by atoms with Crippen LogP contribution in [-0.2, 0) is 0 Å². The zero-order valence-electron chi connectivity index (χ0n) is 9.67. The molecular formula is C12H13F2NO2. The molecule has 0 unspecified atom stereocenters. The molecule has 0 saturated carbocycles. The van der Waals surface area contributed by atoms with Crippen LogP contribution < -0.4 is 0 Å². The highest BCUT2D eigenvalue weighted by Crippen LogP contribution is 2.15. The van der Waals surface area contributed by atoms with Crippen molar-refractivity contribution in [2.75, 3.05) is 13.1 Å². The van der Waals surface area contributed by atoms with E-state index in [0.717, 1.165) is 12.1 Å². The molecule has 0 heterocycles. The van der Waals surface area contributed by atoms with E-state index in [1.54, 1.807) is 13.8 Å². The Morgan fingerprint density at radius 1 is 1.24 bits per heavy atom. The number of hydrogen-bond acceptors (Lipinski definition) is 2. The van der Waals surface area contributed by atoms with Gasteiger partial charge in [0.15, 0.2) is 17.9 Å². The van der Waals surface area contributed by atoms with Crippen LogP contribution in [0, 0.1) is 11.6 Å². The van der Waals surface area contributed by atoms with E-state index in [4.69, 9.17) is 0 Å². The van der Waals surface area contributed by atoms with Crippen LogP contribution in [0.15, 0.2) is 12.1 Å². The minimum Gasteiger partial charge on any atom is -0.339 e. The highest BCUT2D eigenvalue weighted by Gasteiger charge is 2.19. The van der Waals surface area contributed by atoms with E-state index in [1.165, 1.54) is 4.90 Å². The molecule has 0 aromatic heterocycles. The van der Waals surface area contributed by atoms with Crippen LogP contribution in [0.2, 0.25) is 0 Å². The van der Waals surface area contributed by atoms with Gasteiger partial charge >= 0.3 is 0 Å². The lowest BCUT2D eigenvalue weighted by Crippen LogP contribution is -2.31. The average molecular weight is 241 g/mol. The molecule has 5 heteroatoms. The van der Waals surface area contributed by atoms with Crippen LogP contribution in [0.3, 0.4) is 0 Å². The smallest absolute Gasteiger partial charge is 0.254 e. The number of halogens is 2. The molecule has 0 aliphatic heterocycles. The van der Waals surface area contributed by atoms with Crippen LogP contribution in [0.1, 0.15) is 34.6 Å². The molecule has 1 rings (SSSR count). The molecule has 1 aromatic rings. The quantitative estimate of drug-likeness (QED) is 0.758. The largest absolute Gasteiger partial charge is 0.339 e. The fourth-order valence-electron chi connectivity index (χ4n) is 1.53. The Morgan fingerprint density at radius 2 is 1.76 bits per heavy atom. The predicted octanol–water partition coefficient (Wildman–Crippen LogP) is 2.26. The van der Waals surface area contributed by atoms with Crippen molar-refractivity contribution in [1.82, 2.24) is 4.90 Å². The van der Waals surface area contributed by atoms with Crippen LogP contribution in [0.25, 0.3) is 0 Å². The Bertz CT molecular complexity index is 442. The van der Waals surface area contributed by atoms with Crippen molar-refractivity contribution in [2.45, 2.75) is 13.8 Å². The number of amides is 1. The van der Waals surface area contributed by atoms with Crippen molar-refractivity contribution in [3.8, 4) is 0 Å². The molecule has 0 radical (unpaired) electrons. The third-order valence-electron chi connectivity index (χ3n) is 2.50. The van der Waals surface area contributed by atoms with E-state index in [9.17, 15) is 18.4 Å². The van der Waals surface area contributed by atoms with Gasteiger partial charge in [-0.1, -0.05) is 0 Å². The summed E-state index contributed by atoms with van der Waals surface area (Å²) in [5.41, 5.74) is -0.247. The summed E-state index contributed by atoms with van der Waals surface area (Å²) in [5.74, 6) is -2.75. The number of carbonyl (C=O) groups is 2. The molecular weight excluding hydrogens is 228 g/mol. The first-order chi connectivity index (χ1) is 8.04. The van der Waals surface area contributed by atoms with Gasteiger partial charge in [0.1, 0.15) is 0 Å². The monoisotopic (exact) mass is 241 g/mol. The van der Waals surface area contributed by atoms with Crippen LogP contribution in [0.5, 0.6) is 0 Å². The first-order valence-corrected chi connectivity index (χ1v) is 5.28. The van der Waals surface area contributed by atoms with Gasteiger partial charge in [-0.2, -0.15) is 0 Å². The summed E-state index contributed by atoms with van der Waals surface area (Å²) < 4.78 is 26.0. The molecule has 92 valence electrons. The number of carbonyl (C=O) groups excluding carboxylic acids is 2. The number of benzene rings is 1. The van der Waals surface area contributed by atoms with Gasteiger partial charge in [0.05, 0.1) is 5.56 Å². The summed E-state index contributed by atoms with van der Waals surface area (Å²) in [6.45, 7) is 4.41. The van der Waals surface area contributed by atoms with Crippen molar-refractivity contribution >= 4 is 12.2 Å². The molecule has 3 nitrogen and oxygen atoms in total. The highest BCUT2D eigenvalue weighted by molar-refractivity contribution is 6.01. The SMILES string of the molecule is CCN(CC)C(=O)c1cc(F)c(F)cc1C=O. The first-order valence-electron chi connectivity index (χ1n) is 5.28. The summed E-state index contributed by atoms with van der Waals surface area (Å²) in [6, 6.07) is 1.50. The normalized spacial score (nSPS) is 10.1. The van der Waals surface area contributed by atoms with Crippen molar-refractivity contribution in [2.24, 2.45) is 0 Å². The number of aldehydes is 1. The second-order valence-electron chi connectivity index (χ2n) is 3.45. The summed E-state index contributed by atoms with van der Waals surface area (Å²) >= 11 is 0. The second-order valence-corrected chi connectivity index (χ2v) is 3.45. The Balaban J connectivity index is 3.25. The maximum atomic E-state index is 13.1. The lowest BCUT2D eigenvalue weighted by molar-refractivity contribution is 0.0769. The fourth-order valence-corrected chi connectivity index (χ4v) is 1.53. The maximum absolute atomic E-state index is 13.1. The van der Waals surface area contributed by atoms with Gasteiger partial charge in [0, 0.05) is 18.7 Å². The van der Waals surface area contributed by atoms with Crippen molar-refractivity contribution in [3.05, 3.63) is 34.9 Å². The van der Waals surface area contributed by atoms with Crippen molar-refractivity contribution in [1.29, 1.82) is 0 Å². The molecule has 1 aromatic carbocycles. The summed E-state index contributed by atoms with van der Waals surface area (Å²) in [5, 5.41) is 0. The van der Waals surface area contributed by atoms with E-state index in [1.807, 2.05) is 0 Å². The van der Waals surface area contributed by atoms with Gasteiger partial charge in [0.2, 0.25) is 0 Å². The third kappa shape index (κ3) is 2.67. The lowest BCUT2D eigenvalue weighted by atomic mass is 10.1. The average Bonchev–Trinajstić information content (AvgIpc) is 2.33. The standard InChI is InChI=1S/C12H13F2NO2/c1-3-15(4-2)12(17)9-6-11(14)10(13)5-8(9)7-16/h5-7H,3-4H2,1-2H3. The summed E-state index contributed by atoms with van der Waals surface area (Å²) in [7, 11) is 0. The molecule has 0 saturated heterocycles. The summed E-state index contributed by atoms with van der Waals surface area (Å²) in [4.78, 5) is 24.1.